The van der Waals surface area contributed by atoms with Crippen molar-refractivity contribution in [1.82, 2.24) is 10.3 Å². The Kier molecular flexibility index (Phi) is 6.31. The minimum atomic E-state index is 0. The molecule has 0 bridgehead atoms. The van der Waals surface area contributed by atoms with Gasteiger partial charge in [-0.25, -0.2) is 4.98 Å². The summed E-state index contributed by atoms with van der Waals surface area (Å²) in [5.41, 5.74) is 1.01. The second-order valence-corrected chi connectivity index (χ2v) is 5.58. The summed E-state index contributed by atoms with van der Waals surface area (Å²) in [5, 5.41) is 6.18. The van der Waals surface area contributed by atoms with Crippen molar-refractivity contribution >= 4 is 46.7 Å². The van der Waals surface area contributed by atoms with Gasteiger partial charge >= 0.3 is 0 Å². The highest BCUT2D eigenvalue weighted by Gasteiger charge is 2.21. The van der Waals surface area contributed by atoms with Gasteiger partial charge in [-0.15, -0.1) is 12.4 Å². The third-order valence-corrected chi connectivity index (χ3v) is 3.59. The third-order valence-electron chi connectivity index (χ3n) is 3.00. The van der Waals surface area contributed by atoms with Crippen LogP contribution in [0.1, 0.15) is 18.4 Å². The molecule has 0 saturated carbocycles. The van der Waals surface area contributed by atoms with Crippen molar-refractivity contribution in [2.45, 2.75) is 19.8 Å². The first-order valence-electron chi connectivity index (χ1n) is 5.80. The van der Waals surface area contributed by atoms with E-state index in [0.717, 1.165) is 35.1 Å². The van der Waals surface area contributed by atoms with E-state index in [1.54, 1.807) is 6.20 Å². The number of nitrogens with zero attached hydrogens (tertiary/aromatic N) is 1. The summed E-state index contributed by atoms with van der Waals surface area (Å²) < 4.78 is 1.08. The quantitative estimate of drug-likeness (QED) is 0.773. The molecule has 1 aliphatic rings. The van der Waals surface area contributed by atoms with Gasteiger partial charge in [-0.1, -0.05) is 0 Å². The predicted octanol–water partition coefficient (Wildman–Crippen LogP) is 2.35. The predicted molar refractivity (Wildman–Crippen MR) is 83.2 cm³/mol. The van der Waals surface area contributed by atoms with Gasteiger partial charge < -0.3 is 10.6 Å². The molecule has 0 unspecified atom stereocenters. The fourth-order valence-electron chi connectivity index (χ4n) is 1.97. The number of pyridine rings is 1. The number of anilines is 1. The molecule has 1 aliphatic heterocycles. The van der Waals surface area contributed by atoms with Crippen LogP contribution in [0.5, 0.6) is 0 Å². The monoisotopic (exact) mass is 381 g/mol. The van der Waals surface area contributed by atoms with Gasteiger partial charge in [0, 0.05) is 15.7 Å². The van der Waals surface area contributed by atoms with Crippen LogP contribution in [-0.2, 0) is 4.79 Å². The van der Waals surface area contributed by atoms with Crippen molar-refractivity contribution in [1.29, 1.82) is 0 Å². The van der Waals surface area contributed by atoms with Crippen LogP contribution in [0, 0.1) is 16.4 Å². The zero-order valence-electron chi connectivity index (χ0n) is 10.2. The maximum Gasteiger partial charge on any atom is 0.228 e. The summed E-state index contributed by atoms with van der Waals surface area (Å²) in [6.07, 6.45) is 3.59. The highest BCUT2D eigenvalue weighted by Crippen LogP contribution is 2.18. The molecule has 100 valence electrons. The number of piperidine rings is 1. The maximum atomic E-state index is 12.0. The van der Waals surface area contributed by atoms with Crippen LogP contribution < -0.4 is 10.6 Å². The van der Waals surface area contributed by atoms with Gasteiger partial charge in [-0.05, 0) is 67.1 Å². The van der Waals surface area contributed by atoms with Crippen LogP contribution >= 0.6 is 35.0 Å². The third kappa shape index (κ3) is 4.07. The Morgan fingerprint density at radius 3 is 2.78 bits per heavy atom. The molecule has 0 atom stereocenters. The van der Waals surface area contributed by atoms with Crippen molar-refractivity contribution in [2.24, 2.45) is 5.92 Å². The Morgan fingerprint density at radius 1 is 1.50 bits per heavy atom. The fourth-order valence-corrected chi connectivity index (χ4v) is 2.58. The summed E-state index contributed by atoms with van der Waals surface area (Å²) in [4.78, 5) is 16.3. The average molecular weight is 382 g/mol. The first-order chi connectivity index (χ1) is 8.16. The lowest BCUT2D eigenvalue weighted by atomic mass is 9.97. The Bertz CT molecular complexity index is 422. The Labute approximate surface area is 127 Å². The average Bonchev–Trinajstić information content (AvgIpc) is 2.34. The van der Waals surface area contributed by atoms with Gasteiger partial charge in [-0.2, -0.15) is 0 Å². The smallest absolute Gasteiger partial charge is 0.228 e. The zero-order valence-corrected chi connectivity index (χ0v) is 13.2. The largest absolute Gasteiger partial charge is 0.317 e. The summed E-state index contributed by atoms with van der Waals surface area (Å²) in [7, 11) is 0. The molecule has 0 aliphatic carbocycles. The molecule has 1 fully saturated rings. The normalized spacial score (nSPS) is 15.9. The molecule has 0 radical (unpaired) electrons. The molecular formula is C12H17ClIN3O. The van der Waals surface area contributed by atoms with E-state index in [2.05, 4.69) is 38.2 Å². The van der Waals surface area contributed by atoms with E-state index in [1.807, 2.05) is 13.0 Å². The van der Waals surface area contributed by atoms with E-state index in [-0.39, 0.29) is 24.2 Å². The lowest BCUT2D eigenvalue weighted by Gasteiger charge is -2.21. The number of halogens is 2. The fraction of sp³-hybridized carbons (Fsp3) is 0.500. The summed E-state index contributed by atoms with van der Waals surface area (Å²) in [6, 6.07) is 2.02. The zero-order chi connectivity index (χ0) is 12.3. The Morgan fingerprint density at radius 2 is 2.17 bits per heavy atom. The number of nitrogens with one attached hydrogen (secondary N) is 2. The molecule has 1 aromatic rings. The summed E-state index contributed by atoms with van der Waals surface area (Å²) >= 11 is 2.22. The van der Waals surface area contributed by atoms with Gasteiger partial charge in [0.15, 0.2) is 0 Å². The van der Waals surface area contributed by atoms with Crippen LogP contribution in [0.2, 0.25) is 0 Å². The molecule has 0 spiro atoms. The Balaban J connectivity index is 0.00000162. The lowest BCUT2D eigenvalue weighted by molar-refractivity contribution is -0.120. The van der Waals surface area contributed by atoms with Crippen molar-refractivity contribution in [3.05, 3.63) is 21.4 Å². The van der Waals surface area contributed by atoms with E-state index in [0.29, 0.717) is 5.82 Å². The maximum absolute atomic E-state index is 12.0. The molecule has 6 heteroatoms. The van der Waals surface area contributed by atoms with Crippen molar-refractivity contribution in [3.8, 4) is 0 Å². The first kappa shape index (κ1) is 15.7. The minimum Gasteiger partial charge on any atom is -0.317 e. The number of carbonyl (C=O) groups is 1. The van der Waals surface area contributed by atoms with E-state index < -0.39 is 0 Å². The van der Waals surface area contributed by atoms with Gasteiger partial charge in [0.05, 0.1) is 0 Å². The number of hydrogen-bond acceptors (Lipinski definition) is 3. The second-order valence-electron chi connectivity index (χ2n) is 4.33. The van der Waals surface area contributed by atoms with Crippen LogP contribution in [0.4, 0.5) is 5.82 Å². The van der Waals surface area contributed by atoms with E-state index in [9.17, 15) is 4.79 Å². The minimum absolute atomic E-state index is 0. The lowest BCUT2D eigenvalue weighted by Crippen LogP contribution is -2.34. The molecule has 18 heavy (non-hydrogen) atoms. The second kappa shape index (κ2) is 7.25. The van der Waals surface area contributed by atoms with Gasteiger partial charge in [0.25, 0.3) is 0 Å². The highest BCUT2D eigenvalue weighted by molar-refractivity contribution is 14.1. The number of hydrogen-bond donors (Lipinski definition) is 2. The summed E-state index contributed by atoms with van der Waals surface area (Å²) in [5.74, 6) is 0.911. The van der Waals surface area contributed by atoms with Crippen LogP contribution in [0.25, 0.3) is 0 Å². The molecule has 2 N–H and O–H groups in total. The molecule has 2 heterocycles. The molecule has 1 amide bonds. The SMILES string of the molecule is Cc1cc(I)cnc1NC(=O)C1CCNCC1.Cl. The van der Waals surface area contributed by atoms with E-state index >= 15 is 0 Å². The van der Waals surface area contributed by atoms with E-state index in [1.165, 1.54) is 0 Å². The standard InChI is InChI=1S/C12H16IN3O.ClH/c1-8-6-10(13)7-15-11(8)16-12(17)9-2-4-14-5-3-9;/h6-7,9,14H,2-5H2,1H3,(H,15,16,17);1H. The number of rotatable bonds is 2. The molecule has 1 aromatic heterocycles. The van der Waals surface area contributed by atoms with Crippen LogP contribution in [0.15, 0.2) is 12.3 Å². The molecule has 0 aromatic carbocycles. The Hall–Kier alpha value is -0.400. The number of amides is 1. The van der Waals surface area contributed by atoms with Gasteiger partial charge in [0.1, 0.15) is 5.82 Å². The van der Waals surface area contributed by atoms with Crippen LogP contribution in [0.3, 0.4) is 0 Å². The topological polar surface area (TPSA) is 54.0 Å². The molecular weight excluding hydrogens is 365 g/mol. The van der Waals surface area contributed by atoms with Crippen molar-refractivity contribution < 1.29 is 4.79 Å². The van der Waals surface area contributed by atoms with Crippen LogP contribution in [-0.4, -0.2) is 24.0 Å². The first-order valence-corrected chi connectivity index (χ1v) is 6.88. The number of aromatic nitrogens is 1. The highest BCUT2D eigenvalue weighted by atomic mass is 127. The van der Waals surface area contributed by atoms with E-state index in [4.69, 9.17) is 0 Å². The molecule has 1 saturated heterocycles. The van der Waals surface area contributed by atoms with Gasteiger partial charge in [0.2, 0.25) is 5.91 Å². The van der Waals surface area contributed by atoms with Gasteiger partial charge in [-0.3, -0.25) is 4.79 Å². The number of carbonyl (C=O) groups excluding carboxylic acids is 1. The molecule has 2 rings (SSSR count). The summed E-state index contributed by atoms with van der Waals surface area (Å²) in [6.45, 7) is 3.82. The number of aryl methyl sites for hydroxylation is 1. The van der Waals surface area contributed by atoms with Crippen molar-refractivity contribution in [2.75, 3.05) is 18.4 Å². The molecule has 4 nitrogen and oxygen atoms in total. The van der Waals surface area contributed by atoms with Crippen molar-refractivity contribution in [3.63, 3.8) is 0 Å².